The van der Waals surface area contributed by atoms with Crippen molar-refractivity contribution in [1.82, 2.24) is 19.5 Å². The fourth-order valence-electron chi connectivity index (χ4n) is 3.81. The zero-order chi connectivity index (χ0) is 22.1. The van der Waals surface area contributed by atoms with Crippen LogP contribution >= 0.6 is 0 Å². The van der Waals surface area contributed by atoms with Crippen molar-refractivity contribution >= 4 is 34.4 Å². The van der Waals surface area contributed by atoms with E-state index in [0.29, 0.717) is 37.4 Å². The van der Waals surface area contributed by atoms with E-state index in [2.05, 4.69) is 15.7 Å². The Balaban J connectivity index is 1.45. The average Bonchev–Trinajstić information content (AvgIpc) is 3.18. The summed E-state index contributed by atoms with van der Waals surface area (Å²) >= 11 is 0. The van der Waals surface area contributed by atoms with Gasteiger partial charge in [0.2, 0.25) is 11.5 Å². The number of carbonyl (C=O) groups excluding carboxylic acids is 1. The van der Waals surface area contributed by atoms with Gasteiger partial charge >= 0.3 is 5.97 Å². The van der Waals surface area contributed by atoms with Gasteiger partial charge in [-0.25, -0.2) is 14.5 Å². The predicted molar refractivity (Wildman–Crippen MR) is 114 cm³/mol. The van der Waals surface area contributed by atoms with Gasteiger partial charge in [-0.15, -0.1) is 0 Å². The number of carbonyl (C=O) groups is 1. The molecule has 1 fully saturated rings. The zero-order valence-electron chi connectivity index (χ0n) is 17.4. The molecule has 164 valence electrons. The van der Waals surface area contributed by atoms with Crippen molar-refractivity contribution in [2.75, 3.05) is 50.6 Å². The van der Waals surface area contributed by atoms with Gasteiger partial charge in [0.15, 0.2) is 0 Å². The summed E-state index contributed by atoms with van der Waals surface area (Å²) in [7, 11) is 1.57. The van der Waals surface area contributed by atoms with E-state index >= 15 is 0 Å². The first-order valence-corrected chi connectivity index (χ1v) is 9.93. The Morgan fingerprint density at radius 3 is 2.84 bits per heavy atom. The molecule has 2 aliphatic heterocycles. The maximum absolute atomic E-state index is 11.8. The molecule has 3 heterocycles. The van der Waals surface area contributed by atoms with Crippen LogP contribution in [0.1, 0.15) is 6.92 Å². The summed E-state index contributed by atoms with van der Waals surface area (Å²) in [5.74, 6) is 0.483. The van der Waals surface area contributed by atoms with Crippen LogP contribution in [0, 0.1) is 16.2 Å². The highest BCUT2D eigenvalue weighted by Gasteiger charge is 2.31. The lowest BCUT2D eigenvalue weighted by Crippen LogP contribution is -2.56. The lowest BCUT2D eigenvalue weighted by molar-refractivity contribution is -0.135. The number of rotatable bonds is 4. The second-order valence-electron chi connectivity index (χ2n) is 7.20. The molecule has 12 nitrogen and oxygen atoms in total. The number of hydrogen-bond donors (Lipinski definition) is 5. The Bertz CT molecular complexity index is 1110. The molecule has 1 unspecified atom stereocenters. The van der Waals surface area contributed by atoms with Crippen molar-refractivity contribution in [3.8, 4) is 5.75 Å². The van der Waals surface area contributed by atoms with Gasteiger partial charge in [-0.2, -0.15) is 0 Å². The van der Waals surface area contributed by atoms with Crippen molar-refractivity contribution in [1.29, 1.82) is 16.2 Å². The van der Waals surface area contributed by atoms with Crippen LogP contribution in [0.2, 0.25) is 0 Å². The SMILES string of the molecule is CCOC(=O)C(=N)N1CCN(CC2Nc3c4cccc(OC)c4nc(=N)n3N2)CC1=N. The second-order valence-corrected chi connectivity index (χ2v) is 7.20. The first-order chi connectivity index (χ1) is 14.9. The molecule has 1 aromatic heterocycles. The van der Waals surface area contributed by atoms with E-state index in [4.69, 9.17) is 25.7 Å². The van der Waals surface area contributed by atoms with Crippen molar-refractivity contribution in [3.63, 3.8) is 0 Å². The number of nitrogens with one attached hydrogen (secondary N) is 5. The van der Waals surface area contributed by atoms with Crippen LogP contribution in [0.3, 0.4) is 0 Å². The van der Waals surface area contributed by atoms with E-state index in [1.807, 2.05) is 23.1 Å². The van der Waals surface area contributed by atoms with Crippen LogP contribution in [-0.2, 0) is 9.53 Å². The Labute approximate surface area is 178 Å². The van der Waals surface area contributed by atoms with Crippen LogP contribution in [0.15, 0.2) is 18.2 Å². The Morgan fingerprint density at radius 1 is 1.32 bits per heavy atom. The number of ether oxygens (including phenoxy) is 2. The molecule has 2 aliphatic rings. The number of benzene rings is 1. The van der Waals surface area contributed by atoms with Crippen molar-refractivity contribution in [2.45, 2.75) is 13.1 Å². The fourth-order valence-corrected chi connectivity index (χ4v) is 3.81. The first kappa shape index (κ1) is 20.6. The van der Waals surface area contributed by atoms with Crippen molar-refractivity contribution in [3.05, 3.63) is 23.8 Å². The molecule has 5 N–H and O–H groups in total. The molecule has 4 rings (SSSR count). The molecule has 12 heteroatoms. The van der Waals surface area contributed by atoms with E-state index in [1.54, 1.807) is 18.7 Å². The van der Waals surface area contributed by atoms with Gasteiger partial charge < -0.3 is 19.7 Å². The molecule has 0 saturated carbocycles. The molecular formula is C19H25N9O3. The molecule has 0 bridgehead atoms. The maximum atomic E-state index is 11.8. The summed E-state index contributed by atoms with van der Waals surface area (Å²) in [6, 6.07) is 5.61. The van der Waals surface area contributed by atoms with E-state index in [9.17, 15) is 4.79 Å². The molecule has 0 aliphatic carbocycles. The highest BCUT2D eigenvalue weighted by Crippen LogP contribution is 2.29. The summed E-state index contributed by atoms with van der Waals surface area (Å²) in [5, 5.41) is 28.7. The first-order valence-electron chi connectivity index (χ1n) is 9.93. The largest absolute Gasteiger partial charge is 0.494 e. The third kappa shape index (κ3) is 3.77. The van der Waals surface area contributed by atoms with Crippen LogP contribution in [0.25, 0.3) is 10.9 Å². The van der Waals surface area contributed by atoms with Crippen molar-refractivity contribution in [2.24, 2.45) is 0 Å². The number of nitrogens with zero attached hydrogens (tertiary/aromatic N) is 4. The van der Waals surface area contributed by atoms with E-state index in [0.717, 1.165) is 11.2 Å². The van der Waals surface area contributed by atoms with Gasteiger partial charge in [0.05, 0.1) is 20.3 Å². The van der Waals surface area contributed by atoms with Crippen LogP contribution < -0.4 is 21.1 Å². The molecule has 31 heavy (non-hydrogen) atoms. The molecule has 0 radical (unpaired) electrons. The smallest absolute Gasteiger partial charge is 0.373 e. The van der Waals surface area contributed by atoms with Crippen LogP contribution in [0.5, 0.6) is 5.75 Å². The number of anilines is 1. The number of fused-ring (bicyclic) bond motifs is 3. The minimum Gasteiger partial charge on any atom is -0.494 e. The molecular weight excluding hydrogens is 402 g/mol. The summed E-state index contributed by atoms with van der Waals surface area (Å²) in [6.07, 6.45) is -0.202. The van der Waals surface area contributed by atoms with Crippen LogP contribution in [-0.4, -0.2) is 83.2 Å². The number of hydrogen-bond acceptors (Lipinski definition) is 10. The quantitative estimate of drug-likeness (QED) is 0.258. The second kappa shape index (κ2) is 8.22. The number of para-hydroxylation sites is 1. The molecule has 1 aromatic carbocycles. The number of methoxy groups -OCH3 is 1. The normalized spacial score (nSPS) is 18.3. The third-order valence-corrected chi connectivity index (χ3v) is 5.24. The van der Waals surface area contributed by atoms with Crippen molar-refractivity contribution < 1.29 is 14.3 Å². The van der Waals surface area contributed by atoms with E-state index in [1.165, 1.54) is 4.90 Å². The zero-order valence-corrected chi connectivity index (χ0v) is 17.4. The van der Waals surface area contributed by atoms with Gasteiger partial charge in [-0.1, -0.05) is 6.07 Å². The topological polar surface area (TPSA) is 155 Å². The summed E-state index contributed by atoms with van der Waals surface area (Å²) in [4.78, 5) is 19.6. The monoisotopic (exact) mass is 427 g/mol. The van der Waals surface area contributed by atoms with Gasteiger partial charge in [-0.3, -0.25) is 26.6 Å². The fraction of sp³-hybridized carbons (Fsp3) is 0.421. The molecule has 1 atom stereocenters. The van der Waals surface area contributed by atoms with E-state index in [-0.39, 0.29) is 30.1 Å². The van der Waals surface area contributed by atoms with Gasteiger partial charge in [-0.05, 0) is 19.1 Å². The average molecular weight is 427 g/mol. The number of esters is 1. The predicted octanol–water partition coefficient (Wildman–Crippen LogP) is -0.0453. The minimum absolute atomic E-state index is 0.0578. The summed E-state index contributed by atoms with van der Waals surface area (Å²) in [5.41, 5.74) is 3.91. The Morgan fingerprint density at radius 2 is 2.13 bits per heavy atom. The van der Waals surface area contributed by atoms with Gasteiger partial charge in [0.25, 0.3) is 0 Å². The maximum Gasteiger partial charge on any atom is 0.373 e. The molecule has 2 aromatic rings. The Kier molecular flexibility index (Phi) is 5.46. The van der Waals surface area contributed by atoms with E-state index < -0.39 is 5.97 Å². The van der Waals surface area contributed by atoms with Gasteiger partial charge in [0, 0.05) is 25.0 Å². The number of amidine groups is 2. The lowest BCUT2D eigenvalue weighted by Gasteiger charge is -2.36. The number of aromatic nitrogens is 2. The summed E-state index contributed by atoms with van der Waals surface area (Å²) in [6.45, 7) is 3.65. The lowest BCUT2D eigenvalue weighted by atomic mass is 10.2. The number of piperazine rings is 1. The molecule has 0 amide bonds. The standard InChI is InChI=1S/C19H25N9O3/c1-3-31-18(29)16(21)27-8-7-26(9-13(27)20)10-14-23-17-11-5-4-6-12(30-2)15(11)24-19(22)28(17)25-14/h4-6,14,20-23,25H,3,7-10H2,1-2H3. The van der Waals surface area contributed by atoms with Gasteiger partial charge in [0.1, 0.15) is 29.1 Å². The molecule has 0 spiro atoms. The molecule has 1 saturated heterocycles. The highest BCUT2D eigenvalue weighted by molar-refractivity contribution is 6.37. The highest BCUT2D eigenvalue weighted by atomic mass is 16.5. The summed E-state index contributed by atoms with van der Waals surface area (Å²) < 4.78 is 11.8. The third-order valence-electron chi connectivity index (χ3n) is 5.24. The Hall–Kier alpha value is -3.67. The minimum atomic E-state index is -0.718. The van der Waals surface area contributed by atoms with Crippen LogP contribution in [0.4, 0.5) is 5.82 Å².